The molecule has 30 heavy (non-hydrogen) atoms. The highest BCUT2D eigenvalue weighted by Gasteiger charge is 2.43. The molecule has 1 atom stereocenters. The number of allylic oxidation sites excluding steroid dienone is 5. The van der Waals surface area contributed by atoms with E-state index in [2.05, 4.69) is 0 Å². The van der Waals surface area contributed by atoms with Gasteiger partial charge in [-0.3, -0.25) is 0 Å². The normalized spacial score (nSPS) is 19.1. The predicted molar refractivity (Wildman–Crippen MR) is 100 cm³/mol. The number of thioether (sulfide) groups is 1. The molecule has 0 nitrogen and oxygen atoms in total. The molecule has 1 aromatic carbocycles. The Kier molecular flexibility index (Phi) is 7.48. The topological polar surface area (TPSA) is 0 Å². The van der Waals surface area contributed by atoms with Crippen LogP contribution in [0, 0.1) is 40.9 Å². The second kappa shape index (κ2) is 9.16. The van der Waals surface area contributed by atoms with Crippen molar-refractivity contribution in [2.45, 2.75) is 51.6 Å². The number of hydrogen-bond donors (Lipinski definition) is 0. The van der Waals surface area contributed by atoms with Crippen LogP contribution in [0.15, 0.2) is 38.7 Å². The van der Waals surface area contributed by atoms with Crippen molar-refractivity contribution in [2.75, 3.05) is 0 Å². The predicted octanol–water partition coefficient (Wildman–Crippen LogP) is 8.25. The molecule has 0 fully saturated rings. The van der Waals surface area contributed by atoms with Gasteiger partial charge in [-0.25, -0.2) is 22.0 Å². The molecule has 166 valence electrons. The summed E-state index contributed by atoms with van der Waals surface area (Å²) in [5.74, 6) is -12.4. The van der Waals surface area contributed by atoms with Crippen molar-refractivity contribution in [1.82, 2.24) is 0 Å². The van der Waals surface area contributed by atoms with Crippen LogP contribution in [0.25, 0.3) is 0 Å². The quantitative estimate of drug-likeness (QED) is 0.250. The van der Waals surface area contributed by atoms with Crippen molar-refractivity contribution in [2.24, 2.45) is 11.8 Å². The molecule has 1 aromatic rings. The minimum atomic E-state index is -4.50. The Morgan fingerprint density at radius 1 is 0.900 bits per heavy atom. The lowest BCUT2D eigenvalue weighted by atomic mass is 9.83. The van der Waals surface area contributed by atoms with Crippen molar-refractivity contribution in [3.63, 3.8) is 0 Å². The molecule has 0 radical (unpaired) electrons. The van der Waals surface area contributed by atoms with E-state index in [4.69, 9.17) is 0 Å². The van der Waals surface area contributed by atoms with Crippen LogP contribution in [-0.4, -0.2) is 6.18 Å². The van der Waals surface area contributed by atoms with Gasteiger partial charge in [-0.15, -0.1) is 0 Å². The Morgan fingerprint density at radius 2 is 1.40 bits per heavy atom. The molecule has 1 aliphatic rings. The van der Waals surface area contributed by atoms with Gasteiger partial charge in [0.05, 0.1) is 10.8 Å². The van der Waals surface area contributed by atoms with Gasteiger partial charge >= 0.3 is 6.18 Å². The van der Waals surface area contributed by atoms with Crippen molar-refractivity contribution in [3.05, 3.63) is 62.9 Å². The van der Waals surface area contributed by atoms with Crippen LogP contribution >= 0.6 is 11.8 Å². The molecule has 0 saturated heterocycles. The second-order valence-electron chi connectivity index (χ2n) is 7.66. The molecular formula is C21H20F8S. The van der Waals surface area contributed by atoms with E-state index >= 15 is 0 Å². The highest BCUT2D eigenvalue weighted by atomic mass is 32.2. The van der Waals surface area contributed by atoms with Crippen molar-refractivity contribution >= 4 is 11.8 Å². The van der Waals surface area contributed by atoms with E-state index in [1.807, 2.05) is 0 Å². The van der Waals surface area contributed by atoms with Crippen molar-refractivity contribution in [1.29, 1.82) is 0 Å². The van der Waals surface area contributed by atoms with Gasteiger partial charge in [-0.2, -0.15) is 13.2 Å². The number of rotatable bonds is 4. The minimum Gasteiger partial charge on any atom is -0.202 e. The van der Waals surface area contributed by atoms with Gasteiger partial charge < -0.3 is 0 Å². The average Bonchev–Trinajstić information content (AvgIpc) is 2.61. The van der Waals surface area contributed by atoms with E-state index in [-0.39, 0.29) is 33.7 Å². The van der Waals surface area contributed by atoms with Gasteiger partial charge in [0.15, 0.2) is 23.3 Å². The van der Waals surface area contributed by atoms with E-state index in [1.54, 1.807) is 27.7 Å². The van der Waals surface area contributed by atoms with Crippen LogP contribution in [0.4, 0.5) is 35.1 Å². The number of benzene rings is 1. The molecule has 2 rings (SSSR count). The molecule has 1 unspecified atom stereocenters. The summed E-state index contributed by atoms with van der Waals surface area (Å²) in [6.45, 7) is 6.70. The van der Waals surface area contributed by atoms with Crippen LogP contribution < -0.4 is 0 Å². The second-order valence-corrected chi connectivity index (χ2v) is 8.68. The molecule has 1 aliphatic carbocycles. The minimum absolute atomic E-state index is 0.0774. The molecular weight excluding hydrogens is 436 g/mol. The van der Waals surface area contributed by atoms with E-state index in [0.717, 1.165) is 0 Å². The van der Waals surface area contributed by atoms with Crippen LogP contribution in [0.5, 0.6) is 0 Å². The fourth-order valence-corrected chi connectivity index (χ4v) is 4.27. The number of halogens is 8. The fraction of sp³-hybridized carbons (Fsp3) is 0.429. The van der Waals surface area contributed by atoms with Crippen LogP contribution in [0.1, 0.15) is 40.5 Å². The smallest absolute Gasteiger partial charge is 0.202 e. The highest BCUT2D eigenvalue weighted by Crippen LogP contribution is 2.49. The summed E-state index contributed by atoms with van der Waals surface area (Å²) >= 11 is 0.270. The van der Waals surface area contributed by atoms with Crippen molar-refractivity contribution in [3.8, 4) is 0 Å². The first-order valence-corrected chi connectivity index (χ1v) is 9.90. The molecule has 9 heteroatoms. The third kappa shape index (κ3) is 5.28. The summed E-state index contributed by atoms with van der Waals surface area (Å²) in [5.41, 5.74) is 0.941. The maximum Gasteiger partial charge on any atom is 0.392 e. The van der Waals surface area contributed by atoms with Gasteiger partial charge in [0.2, 0.25) is 5.82 Å². The lowest BCUT2D eigenvalue weighted by Gasteiger charge is -2.30. The Hall–Kier alpha value is -1.77. The summed E-state index contributed by atoms with van der Waals surface area (Å²) in [6.07, 6.45) is -2.44. The summed E-state index contributed by atoms with van der Waals surface area (Å²) in [5, 5.41) is 0. The Morgan fingerprint density at radius 3 is 1.83 bits per heavy atom. The summed E-state index contributed by atoms with van der Waals surface area (Å²) < 4.78 is 109. The standard InChI is InChI=1S/C21H20F8S/c1-9(2)5-11-7-13(21(27,28)29)8-12(6-10(3)4)19(11)30-20-17(25)15(23)14(22)16(24)18(20)26/h5-6,9,13H,7-8H2,1-4H3/b11-5+. The molecule has 0 heterocycles. The van der Waals surface area contributed by atoms with Crippen molar-refractivity contribution < 1.29 is 35.1 Å². The maximum atomic E-state index is 14.2. The third-order valence-electron chi connectivity index (χ3n) is 4.35. The van der Waals surface area contributed by atoms with Gasteiger partial charge in [0.25, 0.3) is 0 Å². The first-order chi connectivity index (χ1) is 13.7. The molecule has 0 saturated carbocycles. The van der Waals surface area contributed by atoms with E-state index in [1.165, 1.54) is 12.2 Å². The van der Waals surface area contributed by atoms with Gasteiger partial charge in [0.1, 0.15) is 0 Å². The molecule has 0 N–H and O–H groups in total. The Balaban J connectivity index is 2.74. The zero-order valence-corrected chi connectivity index (χ0v) is 17.5. The zero-order valence-electron chi connectivity index (χ0n) is 16.7. The third-order valence-corrected chi connectivity index (χ3v) is 5.64. The number of hydrogen-bond acceptors (Lipinski definition) is 1. The van der Waals surface area contributed by atoms with E-state index < -0.39 is 58.9 Å². The van der Waals surface area contributed by atoms with Crippen LogP contribution in [0.2, 0.25) is 0 Å². The molecule has 0 bridgehead atoms. The lowest BCUT2D eigenvalue weighted by Crippen LogP contribution is -2.27. The molecule has 0 spiro atoms. The molecule has 0 aliphatic heterocycles. The largest absolute Gasteiger partial charge is 0.392 e. The Bertz CT molecular complexity index is 889. The maximum absolute atomic E-state index is 14.2. The van der Waals surface area contributed by atoms with Crippen LogP contribution in [-0.2, 0) is 0 Å². The summed E-state index contributed by atoms with van der Waals surface area (Å²) in [4.78, 5) is -1.06. The molecule has 0 aromatic heterocycles. The van der Waals surface area contributed by atoms with Gasteiger partial charge in [0, 0.05) is 4.91 Å². The van der Waals surface area contributed by atoms with Crippen LogP contribution in [0.3, 0.4) is 0 Å². The SMILES string of the molecule is CC(C)=CC1=C(Sc2c(F)c(F)c(F)c(F)c2F)/C(=C/C(C)C)CC(C(F)(F)F)C1. The number of alkyl halides is 3. The van der Waals surface area contributed by atoms with Gasteiger partial charge in [-0.1, -0.05) is 43.3 Å². The lowest BCUT2D eigenvalue weighted by molar-refractivity contribution is -0.174. The first kappa shape index (κ1) is 24.5. The first-order valence-electron chi connectivity index (χ1n) is 9.09. The van der Waals surface area contributed by atoms with E-state index in [0.29, 0.717) is 5.57 Å². The summed E-state index contributed by atoms with van der Waals surface area (Å²) in [6, 6.07) is 0. The Labute approximate surface area is 173 Å². The average molecular weight is 456 g/mol. The fourth-order valence-electron chi connectivity index (χ4n) is 3.15. The van der Waals surface area contributed by atoms with E-state index in [9.17, 15) is 35.1 Å². The summed E-state index contributed by atoms with van der Waals surface area (Å²) in [7, 11) is 0. The zero-order chi connectivity index (χ0) is 23.0. The monoisotopic (exact) mass is 456 g/mol. The molecule has 0 amide bonds. The van der Waals surface area contributed by atoms with Gasteiger partial charge in [-0.05, 0) is 43.8 Å². The highest BCUT2D eigenvalue weighted by molar-refractivity contribution is 8.03.